The van der Waals surface area contributed by atoms with Gasteiger partial charge in [-0.25, -0.2) is 4.79 Å². The number of carbonyl (C=O) groups is 2. The number of cyclic esters (lactones) is 1. The van der Waals surface area contributed by atoms with Crippen LogP contribution in [0.15, 0.2) is 30.3 Å². The third-order valence-corrected chi connectivity index (χ3v) is 5.70. The fraction of sp³-hybridized carbons (Fsp3) is 0.619. The Bertz CT molecular complexity index is 693. The Morgan fingerprint density at radius 1 is 1.21 bits per heavy atom. The zero-order valence-corrected chi connectivity index (χ0v) is 16.8. The predicted molar refractivity (Wildman–Crippen MR) is 104 cm³/mol. The summed E-state index contributed by atoms with van der Waals surface area (Å²) in [5.41, 5.74) is 0.382. The molecular formula is C21H30N2O5. The van der Waals surface area contributed by atoms with E-state index in [2.05, 4.69) is 19.1 Å². The molecule has 1 aromatic carbocycles. The highest BCUT2D eigenvalue weighted by Crippen LogP contribution is 2.40. The van der Waals surface area contributed by atoms with Crippen molar-refractivity contribution in [2.75, 3.05) is 26.4 Å². The van der Waals surface area contributed by atoms with Gasteiger partial charge < -0.3 is 19.5 Å². The second-order valence-electron chi connectivity index (χ2n) is 7.92. The van der Waals surface area contributed by atoms with E-state index in [1.165, 1.54) is 0 Å². The molecular weight excluding hydrogens is 360 g/mol. The number of hydrogen-bond acceptors (Lipinski definition) is 5. The molecule has 2 saturated heterocycles. The van der Waals surface area contributed by atoms with Crippen LogP contribution in [0.2, 0.25) is 0 Å². The Labute approximate surface area is 166 Å². The molecule has 0 aliphatic carbocycles. The fourth-order valence-corrected chi connectivity index (χ4v) is 4.22. The highest BCUT2D eigenvalue weighted by molar-refractivity contribution is 5.89. The second kappa shape index (κ2) is 8.49. The van der Waals surface area contributed by atoms with Crippen molar-refractivity contribution in [3.8, 4) is 0 Å². The van der Waals surface area contributed by atoms with E-state index in [0.29, 0.717) is 32.6 Å². The van der Waals surface area contributed by atoms with Crippen LogP contribution >= 0.6 is 0 Å². The predicted octanol–water partition coefficient (Wildman–Crippen LogP) is 2.35. The minimum Gasteiger partial charge on any atom is -0.423 e. The third-order valence-electron chi connectivity index (χ3n) is 5.70. The molecule has 154 valence electrons. The standard InChI is InChI=1S/C21H30N2O5/c1-15-17(16-8-5-4-6-9-16)14-18(23-20(26)28-21(23,2)3)19(25)22(15)10-13-27-12-7-11-24/h4-6,8-9,15,17-18,24H,7,10-14H2,1-3H3. The molecule has 7 heteroatoms. The Balaban J connectivity index is 1.81. The lowest BCUT2D eigenvalue weighted by Gasteiger charge is -2.54. The summed E-state index contributed by atoms with van der Waals surface area (Å²) >= 11 is 0. The van der Waals surface area contributed by atoms with Gasteiger partial charge in [0, 0.05) is 31.7 Å². The lowest BCUT2D eigenvalue weighted by molar-refractivity contribution is -0.195. The van der Waals surface area contributed by atoms with E-state index in [-0.39, 0.29) is 24.5 Å². The molecule has 7 nitrogen and oxygen atoms in total. The summed E-state index contributed by atoms with van der Waals surface area (Å²) in [5, 5.41) is 8.87. The number of benzene rings is 1. The van der Waals surface area contributed by atoms with Gasteiger partial charge in [0.05, 0.1) is 6.61 Å². The largest absolute Gasteiger partial charge is 0.423 e. The lowest BCUT2D eigenvalue weighted by Crippen LogP contribution is -2.71. The molecule has 3 atom stereocenters. The van der Waals surface area contributed by atoms with Gasteiger partial charge in [0.25, 0.3) is 0 Å². The van der Waals surface area contributed by atoms with Gasteiger partial charge >= 0.3 is 6.09 Å². The van der Waals surface area contributed by atoms with Gasteiger partial charge in [-0.15, -0.1) is 0 Å². The van der Waals surface area contributed by atoms with Gasteiger partial charge in [-0.3, -0.25) is 9.69 Å². The number of aliphatic hydroxyl groups is 1. The van der Waals surface area contributed by atoms with Crippen LogP contribution in [-0.4, -0.2) is 71.1 Å². The average Bonchev–Trinajstić information content (AvgIpc) is 2.66. The number of hydrogen-bond donors (Lipinski definition) is 1. The van der Waals surface area contributed by atoms with Gasteiger partial charge in [0.15, 0.2) is 5.72 Å². The Morgan fingerprint density at radius 2 is 1.93 bits per heavy atom. The van der Waals surface area contributed by atoms with Crippen molar-refractivity contribution in [1.82, 2.24) is 9.80 Å². The van der Waals surface area contributed by atoms with Crippen LogP contribution in [0.25, 0.3) is 0 Å². The summed E-state index contributed by atoms with van der Waals surface area (Å²) in [6, 6.07) is 9.56. The lowest BCUT2D eigenvalue weighted by atomic mass is 9.80. The summed E-state index contributed by atoms with van der Waals surface area (Å²) in [6.07, 6.45) is 0.709. The third kappa shape index (κ3) is 4.00. The summed E-state index contributed by atoms with van der Waals surface area (Å²) in [7, 11) is 0. The monoisotopic (exact) mass is 390 g/mol. The second-order valence-corrected chi connectivity index (χ2v) is 7.92. The molecule has 3 unspecified atom stereocenters. The van der Waals surface area contributed by atoms with E-state index in [9.17, 15) is 9.59 Å². The van der Waals surface area contributed by atoms with Crippen LogP contribution in [0, 0.1) is 0 Å². The Kier molecular flexibility index (Phi) is 6.25. The van der Waals surface area contributed by atoms with Gasteiger partial charge in [0.1, 0.15) is 6.04 Å². The van der Waals surface area contributed by atoms with E-state index >= 15 is 0 Å². The summed E-state index contributed by atoms with van der Waals surface area (Å²) in [5.74, 6) is 0.0562. The van der Waals surface area contributed by atoms with Crippen molar-refractivity contribution in [2.45, 2.75) is 57.3 Å². The SMILES string of the molecule is CC1C(c2ccccc2)CC(N2C(=O)OC2(C)C)C(=O)N1CCOCCCO. The maximum absolute atomic E-state index is 13.3. The summed E-state index contributed by atoms with van der Waals surface area (Å²) in [6.45, 7) is 7.07. The van der Waals surface area contributed by atoms with Crippen LogP contribution in [0.1, 0.15) is 45.1 Å². The maximum atomic E-state index is 13.3. The van der Waals surface area contributed by atoms with Crippen LogP contribution in [0.3, 0.4) is 0 Å². The summed E-state index contributed by atoms with van der Waals surface area (Å²) in [4.78, 5) is 28.8. The van der Waals surface area contributed by atoms with Crippen molar-refractivity contribution in [3.05, 3.63) is 35.9 Å². The molecule has 1 aromatic rings. The number of ether oxygens (including phenoxy) is 2. The van der Waals surface area contributed by atoms with Crippen LogP contribution in [0.4, 0.5) is 4.79 Å². The van der Waals surface area contributed by atoms with Gasteiger partial charge in [-0.05, 0) is 39.2 Å². The molecule has 2 amide bonds. The van der Waals surface area contributed by atoms with Crippen molar-refractivity contribution >= 4 is 12.0 Å². The number of aliphatic hydroxyl groups excluding tert-OH is 1. The first-order chi connectivity index (χ1) is 13.4. The molecule has 28 heavy (non-hydrogen) atoms. The molecule has 0 aromatic heterocycles. The highest BCUT2D eigenvalue weighted by atomic mass is 16.6. The normalized spacial score (nSPS) is 26.8. The molecule has 3 rings (SSSR count). The van der Waals surface area contributed by atoms with Gasteiger partial charge in [-0.2, -0.15) is 0 Å². The Hall–Kier alpha value is -2.12. The molecule has 0 saturated carbocycles. The minimum atomic E-state index is -0.775. The van der Waals surface area contributed by atoms with Crippen molar-refractivity contribution in [3.63, 3.8) is 0 Å². The Morgan fingerprint density at radius 3 is 2.54 bits per heavy atom. The van der Waals surface area contributed by atoms with Gasteiger partial charge in [-0.1, -0.05) is 30.3 Å². The van der Waals surface area contributed by atoms with Crippen LogP contribution in [0.5, 0.6) is 0 Å². The summed E-state index contributed by atoms with van der Waals surface area (Å²) < 4.78 is 10.8. The van der Waals surface area contributed by atoms with Gasteiger partial charge in [0.2, 0.25) is 5.91 Å². The molecule has 1 N–H and O–H groups in total. The number of likely N-dealkylation sites (tertiary alicyclic amines) is 1. The minimum absolute atomic E-state index is 0.00648. The molecule has 2 heterocycles. The quantitative estimate of drug-likeness (QED) is 0.690. The molecule has 0 spiro atoms. The smallest absolute Gasteiger partial charge is 0.415 e. The average molecular weight is 390 g/mol. The first-order valence-electron chi connectivity index (χ1n) is 9.93. The van der Waals surface area contributed by atoms with Crippen LogP contribution < -0.4 is 0 Å². The number of carbonyl (C=O) groups excluding carboxylic acids is 2. The number of rotatable bonds is 8. The van der Waals surface area contributed by atoms with Crippen molar-refractivity contribution in [1.29, 1.82) is 0 Å². The zero-order chi connectivity index (χ0) is 20.3. The molecule has 0 radical (unpaired) electrons. The molecule has 2 aliphatic heterocycles. The molecule has 2 aliphatic rings. The zero-order valence-electron chi connectivity index (χ0n) is 16.8. The van der Waals surface area contributed by atoms with E-state index in [1.54, 1.807) is 18.7 Å². The first-order valence-corrected chi connectivity index (χ1v) is 9.93. The fourth-order valence-electron chi connectivity index (χ4n) is 4.22. The number of piperidine rings is 1. The number of amides is 2. The van der Waals surface area contributed by atoms with Crippen LogP contribution in [-0.2, 0) is 14.3 Å². The van der Waals surface area contributed by atoms with E-state index in [1.807, 2.05) is 23.1 Å². The molecule has 0 bridgehead atoms. The van der Waals surface area contributed by atoms with Crippen molar-refractivity contribution in [2.24, 2.45) is 0 Å². The van der Waals surface area contributed by atoms with E-state index in [4.69, 9.17) is 14.6 Å². The molecule has 2 fully saturated rings. The highest BCUT2D eigenvalue weighted by Gasteiger charge is 2.55. The van der Waals surface area contributed by atoms with E-state index in [0.717, 1.165) is 5.56 Å². The maximum Gasteiger partial charge on any atom is 0.415 e. The van der Waals surface area contributed by atoms with E-state index < -0.39 is 17.9 Å². The number of nitrogens with zero attached hydrogens (tertiary/aromatic N) is 2. The first kappa shape index (κ1) is 20.6. The topological polar surface area (TPSA) is 79.3 Å². The van der Waals surface area contributed by atoms with Crippen molar-refractivity contribution < 1.29 is 24.2 Å².